The maximum Gasteiger partial charge on any atom is 0.193 e. The monoisotopic (exact) mass is 360 g/mol. The van der Waals surface area contributed by atoms with Crippen molar-refractivity contribution in [2.45, 2.75) is 32.6 Å². The van der Waals surface area contributed by atoms with Gasteiger partial charge in [-0.25, -0.2) is 0 Å². The molecule has 5 nitrogen and oxygen atoms in total. The largest absolute Gasteiger partial charge is 0.492 e. The number of likely N-dealkylation sites (tertiary alicyclic amines) is 1. The van der Waals surface area contributed by atoms with E-state index in [1.54, 1.807) is 0 Å². The SMILES string of the molecule is CN=C(NCCCCN1CCCC(C)C1)N(C)CCOc1ccccc1. The number of piperidine rings is 1. The van der Waals surface area contributed by atoms with Gasteiger partial charge in [0.15, 0.2) is 5.96 Å². The number of aliphatic imine (C=N–C) groups is 1. The van der Waals surface area contributed by atoms with E-state index in [1.165, 1.54) is 45.3 Å². The predicted molar refractivity (Wildman–Crippen MR) is 110 cm³/mol. The molecular weight excluding hydrogens is 324 g/mol. The number of hydrogen-bond acceptors (Lipinski definition) is 3. The number of benzene rings is 1. The first-order valence-electron chi connectivity index (χ1n) is 10.0. The molecular formula is C21H36N4O. The molecule has 1 heterocycles. The van der Waals surface area contributed by atoms with Gasteiger partial charge in [-0.05, 0) is 56.8 Å². The van der Waals surface area contributed by atoms with Gasteiger partial charge in [0, 0.05) is 27.2 Å². The zero-order valence-corrected chi connectivity index (χ0v) is 16.8. The second-order valence-electron chi connectivity index (χ2n) is 7.31. The number of ether oxygens (including phenoxy) is 1. The minimum Gasteiger partial charge on any atom is -0.492 e. The van der Waals surface area contributed by atoms with Crippen molar-refractivity contribution in [3.05, 3.63) is 30.3 Å². The Kier molecular flexibility index (Phi) is 9.32. The molecule has 1 aliphatic rings. The number of para-hydroxylation sites is 1. The zero-order chi connectivity index (χ0) is 18.6. The Bertz CT molecular complexity index is 520. The average Bonchev–Trinajstić information content (AvgIpc) is 2.65. The van der Waals surface area contributed by atoms with Gasteiger partial charge in [0.25, 0.3) is 0 Å². The third-order valence-corrected chi connectivity index (χ3v) is 4.94. The molecule has 0 aliphatic carbocycles. The van der Waals surface area contributed by atoms with Crippen LogP contribution in [0, 0.1) is 5.92 Å². The predicted octanol–water partition coefficient (Wildman–Crippen LogP) is 3.08. The van der Waals surface area contributed by atoms with E-state index in [2.05, 4.69) is 34.1 Å². The minimum absolute atomic E-state index is 0.647. The van der Waals surface area contributed by atoms with Gasteiger partial charge in [-0.15, -0.1) is 0 Å². The van der Waals surface area contributed by atoms with Crippen molar-refractivity contribution >= 4 is 5.96 Å². The molecule has 0 bridgehead atoms. The number of hydrogen-bond donors (Lipinski definition) is 1. The lowest BCUT2D eigenvalue weighted by molar-refractivity contribution is 0.181. The van der Waals surface area contributed by atoms with E-state index in [9.17, 15) is 0 Å². The van der Waals surface area contributed by atoms with E-state index in [1.807, 2.05) is 37.4 Å². The molecule has 0 amide bonds. The van der Waals surface area contributed by atoms with Crippen LogP contribution in [0.4, 0.5) is 0 Å². The number of guanidine groups is 1. The lowest BCUT2D eigenvalue weighted by atomic mass is 10.0. The summed E-state index contributed by atoms with van der Waals surface area (Å²) in [5.41, 5.74) is 0. The van der Waals surface area contributed by atoms with Gasteiger partial charge in [-0.2, -0.15) is 0 Å². The molecule has 0 spiro atoms. The number of nitrogens with zero attached hydrogens (tertiary/aromatic N) is 3. The van der Waals surface area contributed by atoms with Crippen LogP contribution < -0.4 is 10.1 Å². The normalized spacial score (nSPS) is 18.6. The van der Waals surface area contributed by atoms with E-state index in [-0.39, 0.29) is 0 Å². The highest BCUT2D eigenvalue weighted by Crippen LogP contribution is 2.15. The number of nitrogens with one attached hydrogen (secondary N) is 1. The van der Waals surface area contributed by atoms with E-state index >= 15 is 0 Å². The summed E-state index contributed by atoms with van der Waals surface area (Å²) in [6.45, 7) is 8.58. The van der Waals surface area contributed by atoms with Gasteiger partial charge < -0.3 is 19.9 Å². The summed E-state index contributed by atoms with van der Waals surface area (Å²) >= 11 is 0. The first-order chi connectivity index (χ1) is 12.7. The molecule has 0 aromatic heterocycles. The molecule has 5 heteroatoms. The van der Waals surface area contributed by atoms with Crippen molar-refractivity contribution in [2.24, 2.45) is 10.9 Å². The van der Waals surface area contributed by atoms with Crippen LogP contribution >= 0.6 is 0 Å². The van der Waals surface area contributed by atoms with Crippen molar-refractivity contribution in [3.8, 4) is 5.75 Å². The summed E-state index contributed by atoms with van der Waals surface area (Å²) in [6.07, 6.45) is 5.19. The average molecular weight is 361 g/mol. The van der Waals surface area contributed by atoms with E-state index in [4.69, 9.17) is 4.74 Å². The Labute approximate surface area is 159 Å². The Morgan fingerprint density at radius 1 is 1.31 bits per heavy atom. The molecule has 146 valence electrons. The second-order valence-corrected chi connectivity index (χ2v) is 7.31. The van der Waals surface area contributed by atoms with Crippen LogP contribution in [0.1, 0.15) is 32.6 Å². The van der Waals surface area contributed by atoms with E-state index in [0.29, 0.717) is 6.61 Å². The lowest BCUT2D eigenvalue weighted by Gasteiger charge is -2.30. The fourth-order valence-corrected chi connectivity index (χ4v) is 3.46. The molecule has 1 unspecified atom stereocenters. The third kappa shape index (κ3) is 7.65. The molecule has 1 aromatic rings. The van der Waals surface area contributed by atoms with Crippen LogP contribution in [-0.2, 0) is 0 Å². The molecule has 1 N–H and O–H groups in total. The lowest BCUT2D eigenvalue weighted by Crippen LogP contribution is -2.41. The minimum atomic E-state index is 0.647. The highest BCUT2D eigenvalue weighted by atomic mass is 16.5. The topological polar surface area (TPSA) is 40.1 Å². The van der Waals surface area contributed by atoms with Crippen LogP contribution in [0.2, 0.25) is 0 Å². The molecule has 0 saturated carbocycles. The van der Waals surface area contributed by atoms with E-state index < -0.39 is 0 Å². The maximum atomic E-state index is 5.76. The summed E-state index contributed by atoms with van der Waals surface area (Å²) in [5.74, 6) is 2.72. The number of unbranched alkanes of at least 4 members (excludes halogenated alkanes) is 1. The number of likely N-dealkylation sites (N-methyl/N-ethyl adjacent to an activating group) is 1. The first-order valence-corrected chi connectivity index (χ1v) is 10.0. The Morgan fingerprint density at radius 3 is 2.85 bits per heavy atom. The highest BCUT2D eigenvalue weighted by Gasteiger charge is 2.15. The summed E-state index contributed by atoms with van der Waals surface area (Å²) < 4.78 is 5.76. The molecule has 1 aromatic carbocycles. The smallest absolute Gasteiger partial charge is 0.193 e. The van der Waals surface area contributed by atoms with Crippen LogP contribution in [0.5, 0.6) is 5.75 Å². The fourth-order valence-electron chi connectivity index (χ4n) is 3.46. The molecule has 0 radical (unpaired) electrons. The van der Waals surface area contributed by atoms with Crippen LogP contribution in [-0.4, -0.2) is 69.2 Å². The van der Waals surface area contributed by atoms with Gasteiger partial charge >= 0.3 is 0 Å². The summed E-state index contributed by atoms with van der Waals surface area (Å²) in [6, 6.07) is 9.94. The summed E-state index contributed by atoms with van der Waals surface area (Å²) in [5, 5.41) is 3.47. The molecule has 1 aliphatic heterocycles. The molecule has 1 atom stereocenters. The van der Waals surface area contributed by atoms with Gasteiger partial charge in [-0.3, -0.25) is 4.99 Å². The Morgan fingerprint density at radius 2 is 2.12 bits per heavy atom. The molecule has 1 saturated heterocycles. The quantitative estimate of drug-likeness (QED) is 0.417. The fraction of sp³-hybridized carbons (Fsp3) is 0.667. The molecule has 2 rings (SSSR count). The standard InChI is InChI=1S/C21H36N4O/c1-19-10-9-15-25(18-19)14-8-7-13-23-21(22-2)24(3)16-17-26-20-11-5-4-6-12-20/h4-6,11-12,19H,7-10,13-18H2,1-3H3,(H,22,23). The van der Waals surface area contributed by atoms with Crippen molar-refractivity contribution < 1.29 is 4.74 Å². The van der Waals surface area contributed by atoms with Gasteiger partial charge in [0.05, 0.1) is 6.54 Å². The first kappa shape index (κ1) is 20.6. The Hall–Kier alpha value is -1.75. The highest BCUT2D eigenvalue weighted by molar-refractivity contribution is 5.79. The number of rotatable bonds is 9. The Balaban J connectivity index is 1.56. The van der Waals surface area contributed by atoms with Crippen LogP contribution in [0.25, 0.3) is 0 Å². The van der Waals surface area contributed by atoms with E-state index in [0.717, 1.165) is 30.7 Å². The van der Waals surface area contributed by atoms with Crippen LogP contribution in [0.3, 0.4) is 0 Å². The van der Waals surface area contributed by atoms with Crippen molar-refractivity contribution in [2.75, 3.05) is 53.4 Å². The van der Waals surface area contributed by atoms with Crippen molar-refractivity contribution in [3.63, 3.8) is 0 Å². The van der Waals surface area contributed by atoms with Gasteiger partial charge in [0.2, 0.25) is 0 Å². The zero-order valence-electron chi connectivity index (χ0n) is 16.8. The third-order valence-electron chi connectivity index (χ3n) is 4.94. The van der Waals surface area contributed by atoms with Crippen LogP contribution in [0.15, 0.2) is 35.3 Å². The second kappa shape index (κ2) is 11.8. The summed E-state index contributed by atoms with van der Waals surface area (Å²) in [7, 11) is 3.89. The van der Waals surface area contributed by atoms with Gasteiger partial charge in [0.1, 0.15) is 12.4 Å². The maximum absolute atomic E-state index is 5.76. The van der Waals surface area contributed by atoms with Crippen molar-refractivity contribution in [1.82, 2.24) is 15.1 Å². The molecule has 1 fully saturated rings. The van der Waals surface area contributed by atoms with Gasteiger partial charge in [-0.1, -0.05) is 25.1 Å². The van der Waals surface area contributed by atoms with Crippen molar-refractivity contribution in [1.29, 1.82) is 0 Å². The summed E-state index contributed by atoms with van der Waals surface area (Å²) in [4.78, 5) is 9.12. The molecule has 26 heavy (non-hydrogen) atoms.